The van der Waals surface area contributed by atoms with Gasteiger partial charge >= 0.3 is 17.9 Å². The van der Waals surface area contributed by atoms with Crippen molar-refractivity contribution in [1.82, 2.24) is 15.0 Å². The third kappa shape index (κ3) is 5.76. The van der Waals surface area contributed by atoms with Crippen LogP contribution in [-0.2, 0) is 14.2 Å². The Morgan fingerprint density at radius 1 is 0.606 bits per heavy atom. The molecule has 0 aliphatic rings. The topological polar surface area (TPSA) is 118 Å². The number of rotatable bonds is 8. The van der Waals surface area contributed by atoms with Crippen molar-refractivity contribution in [3.8, 4) is 22.8 Å². The minimum Gasteiger partial charge on any atom is -0.462 e. The molecular formula is C24H23N3O6. The quantitative estimate of drug-likeness (QED) is 0.374. The van der Waals surface area contributed by atoms with Crippen molar-refractivity contribution < 1.29 is 28.6 Å². The van der Waals surface area contributed by atoms with Crippen LogP contribution in [0.25, 0.3) is 22.8 Å². The van der Waals surface area contributed by atoms with E-state index in [1.165, 1.54) is 48.8 Å². The summed E-state index contributed by atoms with van der Waals surface area (Å²) in [4.78, 5) is 49.9. The predicted octanol–water partition coefficient (Wildman–Crippen LogP) is 3.74. The molecule has 0 aliphatic heterocycles. The van der Waals surface area contributed by atoms with Crippen molar-refractivity contribution in [2.45, 2.75) is 20.8 Å². The Balaban J connectivity index is 2.11. The summed E-state index contributed by atoms with van der Waals surface area (Å²) in [5.74, 6) is -1.54. The molecule has 9 heteroatoms. The smallest absolute Gasteiger partial charge is 0.338 e. The van der Waals surface area contributed by atoms with E-state index in [-0.39, 0.29) is 25.4 Å². The molecule has 0 saturated heterocycles. The molecule has 0 spiro atoms. The van der Waals surface area contributed by atoms with Crippen LogP contribution in [0.5, 0.6) is 0 Å². The van der Waals surface area contributed by atoms with E-state index in [0.717, 1.165) is 0 Å². The maximum Gasteiger partial charge on any atom is 0.338 e. The second kappa shape index (κ2) is 10.9. The van der Waals surface area contributed by atoms with E-state index in [0.29, 0.717) is 33.9 Å². The molecule has 0 atom stereocenters. The van der Waals surface area contributed by atoms with Gasteiger partial charge in [0.1, 0.15) is 0 Å². The zero-order chi connectivity index (χ0) is 23.8. The van der Waals surface area contributed by atoms with Gasteiger partial charge in [-0.25, -0.2) is 19.4 Å². The predicted molar refractivity (Wildman–Crippen MR) is 119 cm³/mol. The second-order valence-electron chi connectivity index (χ2n) is 6.65. The van der Waals surface area contributed by atoms with Gasteiger partial charge in [-0.2, -0.15) is 0 Å². The van der Waals surface area contributed by atoms with Crippen LogP contribution in [0.15, 0.2) is 48.8 Å². The van der Waals surface area contributed by atoms with E-state index in [9.17, 15) is 14.4 Å². The summed E-state index contributed by atoms with van der Waals surface area (Å²) >= 11 is 0. The van der Waals surface area contributed by atoms with Crippen LogP contribution in [0.2, 0.25) is 0 Å². The first-order chi connectivity index (χ1) is 16.0. The lowest BCUT2D eigenvalue weighted by Crippen LogP contribution is -2.08. The first-order valence-electron chi connectivity index (χ1n) is 10.4. The Hall–Kier alpha value is -4.14. The number of aromatic nitrogens is 3. The number of nitrogens with zero attached hydrogens (tertiary/aromatic N) is 3. The number of carbonyl (C=O) groups excluding carboxylic acids is 3. The largest absolute Gasteiger partial charge is 0.462 e. The maximum atomic E-state index is 12.5. The highest BCUT2D eigenvalue weighted by atomic mass is 16.5. The Labute approximate surface area is 190 Å². The molecule has 9 nitrogen and oxygen atoms in total. The van der Waals surface area contributed by atoms with Gasteiger partial charge in [0.25, 0.3) is 0 Å². The highest BCUT2D eigenvalue weighted by Gasteiger charge is 2.17. The Bertz CT molecular complexity index is 1100. The van der Waals surface area contributed by atoms with Crippen molar-refractivity contribution in [1.29, 1.82) is 0 Å². The molecule has 0 aromatic carbocycles. The highest BCUT2D eigenvalue weighted by Crippen LogP contribution is 2.25. The lowest BCUT2D eigenvalue weighted by molar-refractivity contribution is 0.0516. The van der Waals surface area contributed by atoms with Gasteiger partial charge in [0.15, 0.2) is 0 Å². The van der Waals surface area contributed by atoms with Gasteiger partial charge in [0.2, 0.25) is 0 Å². The minimum atomic E-state index is -0.550. The highest BCUT2D eigenvalue weighted by molar-refractivity contribution is 5.94. The second-order valence-corrected chi connectivity index (χ2v) is 6.65. The third-order valence-electron chi connectivity index (χ3n) is 4.40. The first-order valence-corrected chi connectivity index (χ1v) is 10.4. The molecule has 0 bridgehead atoms. The molecule has 0 fully saturated rings. The number of ether oxygens (including phenoxy) is 3. The standard InChI is InChI=1S/C24H23N3O6/c1-4-31-22(28)15-7-9-25-18(11-15)20-13-17(24(30)33-6-3)14-21(27-20)19-12-16(8-10-26-19)23(29)32-5-2/h7-14H,4-6H2,1-3H3. The monoisotopic (exact) mass is 449 g/mol. The van der Waals surface area contributed by atoms with Crippen LogP contribution >= 0.6 is 0 Å². The van der Waals surface area contributed by atoms with Crippen molar-refractivity contribution >= 4 is 17.9 Å². The summed E-state index contributed by atoms with van der Waals surface area (Å²) in [6, 6.07) is 9.16. The van der Waals surface area contributed by atoms with Crippen LogP contribution in [0.4, 0.5) is 0 Å². The molecule has 3 aromatic heterocycles. The molecule has 0 amide bonds. The van der Waals surface area contributed by atoms with Crippen molar-refractivity contribution in [2.75, 3.05) is 19.8 Å². The minimum absolute atomic E-state index is 0.193. The van der Waals surface area contributed by atoms with Gasteiger partial charge in [-0.3, -0.25) is 9.97 Å². The zero-order valence-electron chi connectivity index (χ0n) is 18.5. The molecule has 33 heavy (non-hydrogen) atoms. The van der Waals surface area contributed by atoms with Crippen LogP contribution < -0.4 is 0 Å². The van der Waals surface area contributed by atoms with Gasteiger partial charge in [-0.15, -0.1) is 0 Å². The van der Waals surface area contributed by atoms with Gasteiger partial charge in [-0.05, 0) is 57.2 Å². The lowest BCUT2D eigenvalue weighted by atomic mass is 10.1. The summed E-state index contributed by atoms with van der Waals surface area (Å²) in [6.45, 7) is 5.80. The van der Waals surface area contributed by atoms with Gasteiger partial charge in [0, 0.05) is 12.4 Å². The van der Waals surface area contributed by atoms with Gasteiger partial charge in [0.05, 0.1) is 59.3 Å². The van der Waals surface area contributed by atoms with E-state index in [1.807, 2.05) is 0 Å². The van der Waals surface area contributed by atoms with Crippen molar-refractivity contribution in [2.24, 2.45) is 0 Å². The molecule has 3 rings (SSSR count). The van der Waals surface area contributed by atoms with E-state index in [4.69, 9.17) is 14.2 Å². The van der Waals surface area contributed by atoms with Crippen molar-refractivity contribution in [3.63, 3.8) is 0 Å². The Kier molecular flexibility index (Phi) is 7.80. The van der Waals surface area contributed by atoms with Gasteiger partial charge < -0.3 is 14.2 Å². The van der Waals surface area contributed by atoms with E-state index in [2.05, 4.69) is 15.0 Å². The summed E-state index contributed by atoms with van der Waals surface area (Å²) in [7, 11) is 0. The maximum absolute atomic E-state index is 12.5. The molecule has 0 saturated carbocycles. The molecule has 3 heterocycles. The Morgan fingerprint density at radius 3 is 1.36 bits per heavy atom. The van der Waals surface area contributed by atoms with E-state index < -0.39 is 17.9 Å². The number of hydrogen-bond donors (Lipinski definition) is 0. The third-order valence-corrected chi connectivity index (χ3v) is 4.40. The molecule has 0 unspecified atom stereocenters. The summed E-state index contributed by atoms with van der Waals surface area (Å²) in [6.07, 6.45) is 2.92. The molecule has 170 valence electrons. The van der Waals surface area contributed by atoms with Crippen LogP contribution in [-0.4, -0.2) is 52.7 Å². The van der Waals surface area contributed by atoms with Crippen molar-refractivity contribution in [3.05, 3.63) is 65.5 Å². The molecular weight excluding hydrogens is 426 g/mol. The first kappa shape index (κ1) is 23.5. The van der Waals surface area contributed by atoms with Crippen LogP contribution in [0, 0.1) is 0 Å². The number of esters is 3. The molecule has 0 N–H and O–H groups in total. The fourth-order valence-electron chi connectivity index (χ4n) is 2.95. The van der Waals surface area contributed by atoms with Crippen LogP contribution in [0.3, 0.4) is 0 Å². The lowest BCUT2D eigenvalue weighted by Gasteiger charge is -2.10. The SMILES string of the molecule is CCOC(=O)c1ccnc(-c2cc(C(=O)OCC)cc(-c3cc(C(=O)OCC)ccn3)n2)c1. The fourth-order valence-corrected chi connectivity index (χ4v) is 2.95. The molecule has 3 aromatic rings. The number of hydrogen-bond acceptors (Lipinski definition) is 9. The Morgan fingerprint density at radius 2 is 0.970 bits per heavy atom. The summed E-state index contributed by atoms with van der Waals surface area (Å²) in [5, 5.41) is 0. The van der Waals surface area contributed by atoms with E-state index in [1.54, 1.807) is 20.8 Å². The average molecular weight is 449 g/mol. The zero-order valence-corrected chi connectivity index (χ0v) is 18.5. The molecule has 0 radical (unpaired) electrons. The number of carbonyl (C=O) groups is 3. The number of pyridine rings is 3. The fraction of sp³-hybridized carbons (Fsp3) is 0.250. The van der Waals surface area contributed by atoms with Crippen LogP contribution in [0.1, 0.15) is 51.8 Å². The van der Waals surface area contributed by atoms with E-state index >= 15 is 0 Å². The summed E-state index contributed by atoms with van der Waals surface area (Å²) in [5.41, 5.74) is 2.19. The summed E-state index contributed by atoms with van der Waals surface area (Å²) < 4.78 is 15.2. The normalized spacial score (nSPS) is 10.4. The molecule has 0 aliphatic carbocycles. The average Bonchev–Trinajstić information content (AvgIpc) is 2.84. The van der Waals surface area contributed by atoms with Gasteiger partial charge in [-0.1, -0.05) is 0 Å².